The van der Waals surface area contributed by atoms with E-state index in [1.807, 2.05) is 104 Å². The maximum absolute atomic E-state index is 13.4. The molecule has 0 spiro atoms. The fourth-order valence-electron chi connectivity index (χ4n) is 6.65. The van der Waals surface area contributed by atoms with Gasteiger partial charge >= 0.3 is 0 Å². The van der Waals surface area contributed by atoms with Gasteiger partial charge in [-0.3, -0.25) is 9.59 Å². The molecule has 0 amide bonds. The van der Waals surface area contributed by atoms with E-state index in [0.29, 0.717) is 30.0 Å². The van der Waals surface area contributed by atoms with E-state index in [1.165, 1.54) is 12.4 Å². The van der Waals surface area contributed by atoms with Crippen LogP contribution in [-0.2, 0) is 13.1 Å². The van der Waals surface area contributed by atoms with Gasteiger partial charge in [-0.25, -0.2) is 19.9 Å². The second-order valence-corrected chi connectivity index (χ2v) is 13.0. The van der Waals surface area contributed by atoms with Crippen LogP contribution >= 0.6 is 0 Å². The Bertz CT molecular complexity index is 2770. The molecule has 0 bridgehead atoms. The fourth-order valence-corrected chi connectivity index (χ4v) is 6.65. The van der Waals surface area contributed by atoms with E-state index < -0.39 is 0 Å². The van der Waals surface area contributed by atoms with Gasteiger partial charge in [-0.2, -0.15) is 0 Å². The van der Waals surface area contributed by atoms with Gasteiger partial charge in [0.15, 0.2) is 0 Å². The molecule has 10 heteroatoms. The van der Waals surface area contributed by atoms with Crippen LogP contribution in [0.1, 0.15) is 11.1 Å². The Balaban J connectivity index is 1.18. The van der Waals surface area contributed by atoms with Crippen molar-refractivity contribution < 1.29 is 4.74 Å². The molecule has 0 N–H and O–H groups in total. The number of pyridine rings is 2. The first-order valence-corrected chi connectivity index (χ1v) is 17.2. The van der Waals surface area contributed by atoms with Gasteiger partial charge in [-0.1, -0.05) is 60.7 Å². The zero-order valence-electron chi connectivity index (χ0n) is 29.5. The molecule has 4 heterocycles. The zero-order chi connectivity index (χ0) is 36.5. The molecule has 4 aromatic carbocycles. The third kappa shape index (κ3) is 6.65. The molecule has 0 aliphatic carbocycles. The number of aromatic nitrogens is 6. The molecule has 0 saturated carbocycles. The van der Waals surface area contributed by atoms with Gasteiger partial charge in [0.25, 0.3) is 11.1 Å². The van der Waals surface area contributed by atoms with E-state index in [9.17, 15) is 9.59 Å². The molecule has 0 aliphatic rings. The second kappa shape index (κ2) is 14.0. The summed E-state index contributed by atoms with van der Waals surface area (Å²) in [6.07, 6.45) is 4.48. The first-order valence-electron chi connectivity index (χ1n) is 17.2. The van der Waals surface area contributed by atoms with Crippen LogP contribution < -0.4 is 20.8 Å². The highest BCUT2D eigenvalue weighted by Gasteiger charge is 2.15. The molecule has 0 saturated heterocycles. The first-order chi connectivity index (χ1) is 25.8. The normalized spacial score (nSPS) is 11.2. The van der Waals surface area contributed by atoms with E-state index in [1.54, 1.807) is 22.4 Å². The number of anilines is 1. The van der Waals surface area contributed by atoms with Crippen molar-refractivity contribution in [3.05, 3.63) is 166 Å². The lowest BCUT2D eigenvalue weighted by Crippen LogP contribution is -2.21. The standard InChI is InChI=1S/C43H35N7O3/c1-48(2)39-22-33(31-12-7-10-29(20-31)26-49-37-15-5-4-14-35(37)45-24-41(49)51)21-36(47-39)34-13-8-16-38-43(34)46-25-42(52)50(38)27-28-9-6-11-30(19-28)32-17-18-44-40(23-32)53-3/h4-25H,26-27H2,1-3H3. The zero-order valence-corrected chi connectivity index (χ0v) is 29.5. The largest absolute Gasteiger partial charge is 0.481 e. The molecule has 4 aromatic heterocycles. The predicted octanol–water partition coefficient (Wildman–Crippen LogP) is 7.07. The van der Waals surface area contributed by atoms with Crippen molar-refractivity contribution in [3.63, 3.8) is 0 Å². The SMILES string of the molecule is COc1cc(-c2cccc(Cn3c(=O)cnc4c(-c5cc(-c6cccc(Cn7c(=O)cnc8ccccc87)c6)cc(N(C)C)n5)cccc43)c2)ccn1. The molecular weight excluding hydrogens is 663 g/mol. The molecule has 10 nitrogen and oxygen atoms in total. The summed E-state index contributed by atoms with van der Waals surface area (Å²) in [7, 11) is 5.52. The minimum atomic E-state index is -0.195. The Morgan fingerprint density at radius 2 is 1.26 bits per heavy atom. The highest BCUT2D eigenvalue weighted by atomic mass is 16.5. The summed E-state index contributed by atoms with van der Waals surface area (Å²) >= 11 is 0. The van der Waals surface area contributed by atoms with Gasteiger partial charge in [0.05, 0.1) is 60.4 Å². The molecule has 260 valence electrons. The Morgan fingerprint density at radius 3 is 2.00 bits per heavy atom. The maximum atomic E-state index is 13.4. The fraction of sp³-hybridized carbons (Fsp3) is 0.116. The summed E-state index contributed by atoms with van der Waals surface area (Å²) in [6.45, 7) is 0.759. The highest BCUT2D eigenvalue weighted by Crippen LogP contribution is 2.33. The Morgan fingerprint density at radius 1 is 0.623 bits per heavy atom. The van der Waals surface area contributed by atoms with Crippen molar-refractivity contribution in [2.45, 2.75) is 13.1 Å². The van der Waals surface area contributed by atoms with E-state index in [4.69, 9.17) is 9.72 Å². The number of fused-ring (bicyclic) bond motifs is 2. The van der Waals surface area contributed by atoms with Gasteiger partial charge < -0.3 is 18.8 Å². The lowest BCUT2D eigenvalue weighted by molar-refractivity contribution is 0.398. The summed E-state index contributed by atoms with van der Waals surface area (Å²) < 4.78 is 8.83. The molecule has 53 heavy (non-hydrogen) atoms. The van der Waals surface area contributed by atoms with Crippen LogP contribution in [0.5, 0.6) is 5.88 Å². The number of rotatable bonds is 9. The average Bonchev–Trinajstić information content (AvgIpc) is 3.20. The minimum absolute atomic E-state index is 0.153. The van der Waals surface area contributed by atoms with Crippen molar-refractivity contribution in [3.8, 4) is 39.4 Å². The number of methoxy groups -OCH3 is 1. The van der Waals surface area contributed by atoms with Gasteiger partial charge in [0.2, 0.25) is 5.88 Å². The van der Waals surface area contributed by atoms with Crippen molar-refractivity contribution >= 4 is 27.9 Å². The minimum Gasteiger partial charge on any atom is -0.481 e. The van der Waals surface area contributed by atoms with Crippen molar-refractivity contribution in [1.82, 2.24) is 29.1 Å². The van der Waals surface area contributed by atoms with Crippen LogP contribution in [0.25, 0.3) is 55.6 Å². The molecular formula is C43H35N7O3. The van der Waals surface area contributed by atoms with Crippen molar-refractivity contribution in [2.75, 3.05) is 26.1 Å². The van der Waals surface area contributed by atoms with Gasteiger partial charge in [0, 0.05) is 31.9 Å². The molecule has 0 fully saturated rings. The molecule has 8 aromatic rings. The lowest BCUT2D eigenvalue weighted by Gasteiger charge is -2.17. The van der Waals surface area contributed by atoms with Crippen LogP contribution in [-0.4, -0.2) is 50.3 Å². The number of ether oxygens (including phenoxy) is 1. The molecule has 0 unspecified atom stereocenters. The molecule has 0 atom stereocenters. The van der Waals surface area contributed by atoms with E-state index in [-0.39, 0.29) is 11.1 Å². The quantitative estimate of drug-likeness (QED) is 0.158. The summed E-state index contributed by atoms with van der Waals surface area (Å²) in [5.74, 6) is 1.31. The number of hydrogen-bond donors (Lipinski definition) is 0. The smallest absolute Gasteiger partial charge is 0.269 e. The second-order valence-electron chi connectivity index (χ2n) is 13.0. The van der Waals surface area contributed by atoms with Crippen LogP contribution in [0.2, 0.25) is 0 Å². The Hall–Kier alpha value is -6.94. The van der Waals surface area contributed by atoms with Crippen LogP contribution in [0.3, 0.4) is 0 Å². The Kier molecular flexibility index (Phi) is 8.77. The van der Waals surface area contributed by atoms with E-state index >= 15 is 0 Å². The maximum Gasteiger partial charge on any atom is 0.269 e. The monoisotopic (exact) mass is 697 g/mol. The predicted molar refractivity (Wildman–Crippen MR) is 209 cm³/mol. The van der Waals surface area contributed by atoms with Gasteiger partial charge in [-0.15, -0.1) is 0 Å². The highest BCUT2D eigenvalue weighted by molar-refractivity contribution is 5.92. The van der Waals surface area contributed by atoms with Crippen molar-refractivity contribution in [2.24, 2.45) is 0 Å². The van der Waals surface area contributed by atoms with Gasteiger partial charge in [0.1, 0.15) is 5.82 Å². The first kappa shape index (κ1) is 33.2. The molecule has 0 radical (unpaired) electrons. The Labute approximate surface area is 305 Å². The number of hydrogen-bond acceptors (Lipinski definition) is 8. The van der Waals surface area contributed by atoms with E-state index in [0.717, 1.165) is 61.5 Å². The van der Waals surface area contributed by atoms with Crippen LogP contribution in [0, 0.1) is 0 Å². The third-order valence-electron chi connectivity index (χ3n) is 9.32. The van der Waals surface area contributed by atoms with Crippen LogP contribution in [0.4, 0.5) is 5.82 Å². The number of nitrogens with zero attached hydrogens (tertiary/aromatic N) is 7. The third-order valence-corrected chi connectivity index (χ3v) is 9.32. The lowest BCUT2D eigenvalue weighted by atomic mass is 10.00. The summed E-state index contributed by atoms with van der Waals surface area (Å²) in [6, 6.07) is 37.8. The van der Waals surface area contributed by atoms with Crippen molar-refractivity contribution in [1.29, 1.82) is 0 Å². The van der Waals surface area contributed by atoms with E-state index in [2.05, 4.69) is 45.3 Å². The number of benzene rings is 4. The molecule has 8 rings (SSSR count). The summed E-state index contributed by atoms with van der Waals surface area (Å²) in [5.41, 5.74) is 9.99. The van der Waals surface area contributed by atoms with Gasteiger partial charge in [-0.05, 0) is 81.9 Å². The summed E-state index contributed by atoms with van der Waals surface area (Å²) in [4.78, 5) is 46.5. The van der Waals surface area contributed by atoms with Crippen LogP contribution in [0.15, 0.2) is 143 Å². The summed E-state index contributed by atoms with van der Waals surface area (Å²) in [5, 5.41) is 0. The molecule has 0 aliphatic heterocycles. The average molecular weight is 698 g/mol. The topological polar surface area (TPSA) is 108 Å². The number of para-hydroxylation sites is 3.